The van der Waals surface area contributed by atoms with Crippen LogP contribution in [0.3, 0.4) is 0 Å². The fraction of sp³-hybridized carbons (Fsp3) is 0.154. The van der Waals surface area contributed by atoms with E-state index in [2.05, 4.69) is 4.98 Å². The Morgan fingerprint density at radius 1 is 1.40 bits per heavy atom. The number of aromatic nitrogens is 1. The second-order valence-corrected chi connectivity index (χ2v) is 4.16. The molecule has 2 N–H and O–H groups in total. The number of aryl methyl sites for hydroxylation is 1. The first-order chi connectivity index (χ1) is 9.47. The summed E-state index contributed by atoms with van der Waals surface area (Å²) in [5, 5.41) is 10.6. The Morgan fingerprint density at radius 3 is 2.75 bits per heavy atom. The van der Waals surface area contributed by atoms with E-state index in [-0.39, 0.29) is 23.9 Å². The number of halogens is 1. The molecule has 0 saturated carbocycles. The highest BCUT2D eigenvalue weighted by Crippen LogP contribution is 2.20. The average molecular weight is 277 g/mol. The maximum absolute atomic E-state index is 13.3. The Kier molecular flexibility index (Phi) is 3.79. The number of rotatable bonds is 4. The molecule has 2 aromatic rings. The van der Waals surface area contributed by atoms with Crippen LogP contribution >= 0.6 is 0 Å². The molecule has 6 nitrogen and oxygen atoms in total. The molecule has 104 valence electrons. The Morgan fingerprint density at radius 2 is 2.15 bits per heavy atom. The summed E-state index contributed by atoms with van der Waals surface area (Å²) in [5.41, 5.74) is 6.16. The second-order valence-electron chi connectivity index (χ2n) is 4.16. The molecular formula is C13H12FN3O3. The Bertz CT molecular complexity index is 661. The van der Waals surface area contributed by atoms with Gasteiger partial charge in [-0.15, -0.1) is 0 Å². The molecular weight excluding hydrogens is 265 g/mol. The predicted molar refractivity (Wildman–Crippen MR) is 70.8 cm³/mol. The number of hydrogen-bond acceptors (Lipinski definition) is 5. The van der Waals surface area contributed by atoms with Crippen molar-refractivity contribution in [3.05, 3.63) is 57.5 Å². The van der Waals surface area contributed by atoms with Gasteiger partial charge < -0.3 is 10.5 Å². The number of nitrogens with zero attached hydrogens (tertiary/aromatic N) is 2. The van der Waals surface area contributed by atoms with Crippen molar-refractivity contribution in [2.45, 2.75) is 13.5 Å². The lowest BCUT2D eigenvalue weighted by Crippen LogP contribution is -2.04. The minimum absolute atomic E-state index is 0.0463. The minimum Gasteiger partial charge on any atom is -0.487 e. The number of pyridine rings is 1. The molecule has 20 heavy (non-hydrogen) atoms. The van der Waals surface area contributed by atoms with Crippen molar-refractivity contribution in [3.8, 4) is 5.75 Å². The lowest BCUT2D eigenvalue weighted by molar-refractivity contribution is -0.384. The molecule has 0 aliphatic rings. The van der Waals surface area contributed by atoms with Gasteiger partial charge in [-0.2, -0.15) is 0 Å². The van der Waals surface area contributed by atoms with Crippen molar-refractivity contribution in [1.82, 2.24) is 4.98 Å². The molecule has 1 heterocycles. The molecule has 2 rings (SSSR count). The molecule has 0 atom stereocenters. The van der Waals surface area contributed by atoms with E-state index in [1.165, 1.54) is 18.2 Å². The monoisotopic (exact) mass is 277 g/mol. The van der Waals surface area contributed by atoms with Crippen LogP contribution in [0.15, 0.2) is 30.3 Å². The van der Waals surface area contributed by atoms with Crippen LogP contribution in [0.2, 0.25) is 0 Å². The number of anilines is 1. The van der Waals surface area contributed by atoms with Crippen molar-refractivity contribution < 1.29 is 14.1 Å². The third-order valence-electron chi connectivity index (χ3n) is 2.69. The zero-order valence-corrected chi connectivity index (χ0v) is 10.7. The summed E-state index contributed by atoms with van der Waals surface area (Å²) in [5.74, 6) is -0.184. The summed E-state index contributed by atoms with van der Waals surface area (Å²) in [4.78, 5) is 13.9. The third-order valence-corrected chi connectivity index (χ3v) is 2.69. The first kappa shape index (κ1) is 13.7. The van der Waals surface area contributed by atoms with Crippen LogP contribution < -0.4 is 10.5 Å². The minimum atomic E-state index is -0.609. The first-order valence-electron chi connectivity index (χ1n) is 5.76. The fourth-order valence-electron chi connectivity index (χ4n) is 1.57. The van der Waals surface area contributed by atoms with Gasteiger partial charge in [0, 0.05) is 12.1 Å². The van der Waals surface area contributed by atoms with E-state index in [1.807, 2.05) is 0 Å². The normalized spacial score (nSPS) is 10.3. The van der Waals surface area contributed by atoms with Crippen LogP contribution in [0.1, 0.15) is 11.3 Å². The molecule has 0 spiro atoms. The molecule has 0 bridgehead atoms. The SMILES string of the molecule is Cc1ccc(OCc2ccc([N+](=O)[O-])c(N)n2)cc1F. The topological polar surface area (TPSA) is 91.3 Å². The number of nitrogen functional groups attached to an aromatic ring is 1. The maximum atomic E-state index is 13.3. The highest BCUT2D eigenvalue weighted by molar-refractivity contribution is 5.52. The standard InChI is InChI=1S/C13H12FN3O3/c1-8-2-4-10(6-11(8)14)20-7-9-3-5-12(17(18)19)13(15)16-9/h2-6H,7H2,1H3,(H2,15,16). The van der Waals surface area contributed by atoms with Crippen LogP contribution in [-0.2, 0) is 6.61 Å². The molecule has 0 saturated heterocycles. The van der Waals surface area contributed by atoms with Crippen molar-refractivity contribution in [2.24, 2.45) is 0 Å². The summed E-state index contributed by atoms with van der Waals surface area (Å²) in [6, 6.07) is 7.20. The lowest BCUT2D eigenvalue weighted by atomic mass is 10.2. The van der Waals surface area contributed by atoms with Crippen molar-refractivity contribution in [1.29, 1.82) is 0 Å². The average Bonchev–Trinajstić information content (AvgIpc) is 2.40. The number of ether oxygens (including phenoxy) is 1. The number of hydrogen-bond donors (Lipinski definition) is 1. The second kappa shape index (κ2) is 5.52. The summed E-state index contributed by atoms with van der Waals surface area (Å²) in [6.07, 6.45) is 0. The fourth-order valence-corrected chi connectivity index (χ4v) is 1.57. The number of nitrogens with two attached hydrogens (primary N) is 1. The zero-order valence-electron chi connectivity index (χ0n) is 10.7. The molecule has 0 unspecified atom stereocenters. The molecule has 0 aliphatic carbocycles. The van der Waals surface area contributed by atoms with Crippen LogP contribution in [0.4, 0.5) is 15.9 Å². The predicted octanol–water partition coefficient (Wildman–Crippen LogP) is 2.60. The molecule has 0 fully saturated rings. The van der Waals surface area contributed by atoms with Gasteiger partial charge in [-0.05, 0) is 24.6 Å². The molecule has 0 amide bonds. The molecule has 1 aromatic heterocycles. The molecule has 1 aromatic carbocycles. The Balaban J connectivity index is 2.09. The lowest BCUT2D eigenvalue weighted by Gasteiger charge is -2.07. The van der Waals surface area contributed by atoms with E-state index >= 15 is 0 Å². The van der Waals surface area contributed by atoms with Gasteiger partial charge in [0.15, 0.2) is 0 Å². The maximum Gasteiger partial charge on any atom is 0.311 e. The van der Waals surface area contributed by atoms with Crippen LogP contribution in [0.5, 0.6) is 5.75 Å². The van der Waals surface area contributed by atoms with Crippen molar-refractivity contribution in [2.75, 3.05) is 5.73 Å². The van der Waals surface area contributed by atoms with E-state index in [9.17, 15) is 14.5 Å². The van der Waals surface area contributed by atoms with Crippen LogP contribution in [0, 0.1) is 22.9 Å². The number of benzene rings is 1. The highest BCUT2D eigenvalue weighted by Gasteiger charge is 2.13. The third kappa shape index (κ3) is 3.00. The number of nitro groups is 1. The summed E-state index contributed by atoms with van der Waals surface area (Å²) in [7, 11) is 0. The molecule has 0 radical (unpaired) electrons. The van der Waals surface area contributed by atoms with Gasteiger partial charge in [-0.1, -0.05) is 6.07 Å². The van der Waals surface area contributed by atoms with E-state index in [1.54, 1.807) is 19.1 Å². The smallest absolute Gasteiger partial charge is 0.311 e. The van der Waals surface area contributed by atoms with Gasteiger partial charge in [0.05, 0.1) is 10.6 Å². The van der Waals surface area contributed by atoms with E-state index in [0.717, 1.165) is 0 Å². The van der Waals surface area contributed by atoms with Gasteiger partial charge >= 0.3 is 5.69 Å². The van der Waals surface area contributed by atoms with Crippen molar-refractivity contribution >= 4 is 11.5 Å². The summed E-state index contributed by atoms with van der Waals surface area (Å²) in [6.45, 7) is 1.70. The first-order valence-corrected chi connectivity index (χ1v) is 5.76. The quantitative estimate of drug-likeness (QED) is 0.685. The Hall–Kier alpha value is -2.70. The summed E-state index contributed by atoms with van der Waals surface area (Å²) >= 11 is 0. The van der Waals surface area contributed by atoms with Crippen LogP contribution in [0.25, 0.3) is 0 Å². The van der Waals surface area contributed by atoms with Crippen molar-refractivity contribution in [3.63, 3.8) is 0 Å². The van der Waals surface area contributed by atoms with Gasteiger partial charge in [-0.25, -0.2) is 9.37 Å². The molecule has 0 aliphatic heterocycles. The van der Waals surface area contributed by atoms with Gasteiger partial charge in [0.2, 0.25) is 5.82 Å². The van der Waals surface area contributed by atoms with Gasteiger partial charge in [0.1, 0.15) is 18.2 Å². The molecule has 7 heteroatoms. The van der Waals surface area contributed by atoms with E-state index in [4.69, 9.17) is 10.5 Å². The summed E-state index contributed by atoms with van der Waals surface area (Å²) < 4.78 is 18.7. The van der Waals surface area contributed by atoms with Gasteiger partial charge in [-0.3, -0.25) is 10.1 Å². The van der Waals surface area contributed by atoms with E-state index in [0.29, 0.717) is 17.0 Å². The largest absolute Gasteiger partial charge is 0.487 e. The van der Waals surface area contributed by atoms with Crippen LogP contribution in [-0.4, -0.2) is 9.91 Å². The Labute approximate surface area is 114 Å². The zero-order chi connectivity index (χ0) is 14.7. The highest BCUT2D eigenvalue weighted by atomic mass is 19.1. The van der Waals surface area contributed by atoms with Gasteiger partial charge in [0.25, 0.3) is 0 Å². The van der Waals surface area contributed by atoms with E-state index < -0.39 is 4.92 Å².